The molecule has 0 bridgehead atoms. The van der Waals surface area contributed by atoms with E-state index in [2.05, 4.69) is 30.3 Å². The Hall–Kier alpha value is -1.97. The highest BCUT2D eigenvalue weighted by Crippen LogP contribution is 2.44. The number of ether oxygens (including phenoxy) is 1. The highest BCUT2D eigenvalue weighted by Gasteiger charge is 2.41. The number of aromatic nitrogens is 2. The molecule has 18 heavy (non-hydrogen) atoms. The number of nitrogens with one attached hydrogen (secondary N) is 1. The van der Waals surface area contributed by atoms with Crippen molar-refractivity contribution >= 4 is 5.69 Å². The predicted octanol–water partition coefficient (Wildman–Crippen LogP) is 2.74. The summed E-state index contributed by atoms with van der Waals surface area (Å²) in [6, 6.07) is 8.31. The molecule has 4 nitrogen and oxygen atoms in total. The van der Waals surface area contributed by atoms with Crippen LogP contribution < -0.4 is 10.1 Å². The van der Waals surface area contributed by atoms with Crippen LogP contribution in [0.4, 0.5) is 5.69 Å². The van der Waals surface area contributed by atoms with Gasteiger partial charge in [-0.3, -0.25) is 4.68 Å². The van der Waals surface area contributed by atoms with Crippen LogP contribution in [0.5, 0.6) is 5.75 Å². The van der Waals surface area contributed by atoms with E-state index >= 15 is 0 Å². The fourth-order valence-corrected chi connectivity index (χ4v) is 2.44. The van der Waals surface area contributed by atoms with Crippen molar-refractivity contribution in [3.63, 3.8) is 0 Å². The first-order chi connectivity index (χ1) is 8.56. The largest absolute Gasteiger partial charge is 0.485 e. The molecule has 1 N–H and O–H groups in total. The number of nitrogens with zero attached hydrogens (tertiary/aromatic N) is 2. The van der Waals surface area contributed by atoms with Gasteiger partial charge in [0.2, 0.25) is 0 Å². The van der Waals surface area contributed by atoms with E-state index in [0.717, 1.165) is 11.4 Å². The normalized spacial score (nSPS) is 20.3. The molecule has 4 heteroatoms. The van der Waals surface area contributed by atoms with Crippen LogP contribution in [0.1, 0.15) is 25.5 Å². The summed E-state index contributed by atoms with van der Waals surface area (Å²) in [5.41, 5.74) is 1.95. The number of hydrogen-bond acceptors (Lipinski definition) is 3. The Morgan fingerprint density at radius 2 is 2.11 bits per heavy atom. The highest BCUT2D eigenvalue weighted by atomic mass is 16.5. The third-order valence-corrected chi connectivity index (χ3v) is 3.31. The van der Waals surface area contributed by atoms with Crippen LogP contribution >= 0.6 is 0 Å². The second-order valence-electron chi connectivity index (χ2n) is 5.22. The summed E-state index contributed by atoms with van der Waals surface area (Å²) in [6.07, 6.45) is 3.80. The van der Waals surface area contributed by atoms with Crippen molar-refractivity contribution in [2.45, 2.75) is 25.5 Å². The molecule has 1 aliphatic rings. The van der Waals surface area contributed by atoms with Gasteiger partial charge in [0.25, 0.3) is 0 Å². The molecule has 1 unspecified atom stereocenters. The third-order valence-electron chi connectivity index (χ3n) is 3.31. The minimum Gasteiger partial charge on any atom is -0.485 e. The predicted molar refractivity (Wildman–Crippen MR) is 70.7 cm³/mol. The second kappa shape index (κ2) is 3.77. The van der Waals surface area contributed by atoms with Crippen LogP contribution in [0, 0.1) is 0 Å². The van der Waals surface area contributed by atoms with Gasteiger partial charge in [0.15, 0.2) is 0 Å². The number of hydrogen-bond donors (Lipinski definition) is 1. The number of anilines is 1. The molecule has 0 saturated carbocycles. The van der Waals surface area contributed by atoms with Crippen molar-refractivity contribution in [1.29, 1.82) is 0 Å². The van der Waals surface area contributed by atoms with Crippen molar-refractivity contribution in [2.75, 3.05) is 5.32 Å². The Morgan fingerprint density at radius 3 is 2.83 bits per heavy atom. The Labute approximate surface area is 107 Å². The van der Waals surface area contributed by atoms with Gasteiger partial charge in [-0.1, -0.05) is 18.2 Å². The summed E-state index contributed by atoms with van der Waals surface area (Å²) in [5.74, 6) is 0.962. The summed E-state index contributed by atoms with van der Waals surface area (Å²) in [5, 5.41) is 7.68. The number of rotatable bonds is 2. The van der Waals surface area contributed by atoms with Gasteiger partial charge in [-0.15, -0.1) is 0 Å². The molecule has 1 atom stereocenters. The maximum absolute atomic E-state index is 6.00. The zero-order chi connectivity index (χ0) is 12.8. The topological polar surface area (TPSA) is 39.1 Å². The Bertz CT molecular complexity index is 574. The van der Waals surface area contributed by atoms with Crippen LogP contribution in [0.15, 0.2) is 36.7 Å². The zero-order valence-electron chi connectivity index (χ0n) is 10.8. The molecule has 0 saturated heterocycles. The minimum atomic E-state index is -0.264. The van der Waals surface area contributed by atoms with Crippen molar-refractivity contribution in [3.05, 3.63) is 42.2 Å². The molecule has 1 aromatic carbocycles. The lowest BCUT2D eigenvalue weighted by Gasteiger charge is -2.27. The Kier molecular flexibility index (Phi) is 2.33. The molecule has 1 aliphatic heterocycles. The van der Waals surface area contributed by atoms with Crippen LogP contribution in [-0.4, -0.2) is 15.4 Å². The van der Waals surface area contributed by atoms with E-state index in [1.807, 2.05) is 37.6 Å². The average Bonchev–Trinajstić information content (AvgIpc) is 2.82. The van der Waals surface area contributed by atoms with Gasteiger partial charge in [0.1, 0.15) is 11.4 Å². The maximum atomic E-state index is 6.00. The van der Waals surface area contributed by atoms with Crippen molar-refractivity contribution in [2.24, 2.45) is 7.05 Å². The first kappa shape index (κ1) is 11.1. The van der Waals surface area contributed by atoms with E-state index in [4.69, 9.17) is 4.74 Å². The van der Waals surface area contributed by atoms with Gasteiger partial charge in [0.05, 0.1) is 17.9 Å². The van der Waals surface area contributed by atoms with Gasteiger partial charge in [-0.2, -0.15) is 5.10 Å². The summed E-state index contributed by atoms with van der Waals surface area (Å²) >= 11 is 0. The van der Waals surface area contributed by atoms with Gasteiger partial charge < -0.3 is 10.1 Å². The van der Waals surface area contributed by atoms with Crippen molar-refractivity contribution in [3.8, 4) is 5.75 Å². The van der Waals surface area contributed by atoms with E-state index in [1.165, 1.54) is 5.56 Å². The monoisotopic (exact) mass is 243 g/mol. The van der Waals surface area contributed by atoms with E-state index < -0.39 is 0 Å². The van der Waals surface area contributed by atoms with Gasteiger partial charge >= 0.3 is 0 Å². The lowest BCUT2D eigenvalue weighted by Crippen LogP contribution is -2.34. The van der Waals surface area contributed by atoms with Crippen LogP contribution in [0.2, 0.25) is 0 Å². The van der Waals surface area contributed by atoms with E-state index in [1.54, 1.807) is 4.68 Å². The molecular formula is C14H17N3O. The Morgan fingerprint density at radius 1 is 1.33 bits per heavy atom. The van der Waals surface area contributed by atoms with Gasteiger partial charge in [-0.05, 0) is 19.9 Å². The average molecular weight is 243 g/mol. The van der Waals surface area contributed by atoms with Gasteiger partial charge in [0, 0.05) is 18.8 Å². The molecule has 2 heterocycles. The molecule has 0 fully saturated rings. The highest BCUT2D eigenvalue weighted by molar-refractivity contribution is 5.50. The first-order valence-corrected chi connectivity index (χ1v) is 6.09. The van der Waals surface area contributed by atoms with E-state index in [9.17, 15) is 0 Å². The maximum Gasteiger partial charge on any atom is 0.128 e. The first-order valence-electron chi connectivity index (χ1n) is 6.09. The smallest absolute Gasteiger partial charge is 0.128 e. The second-order valence-corrected chi connectivity index (χ2v) is 5.22. The van der Waals surface area contributed by atoms with Crippen molar-refractivity contribution in [1.82, 2.24) is 9.78 Å². The van der Waals surface area contributed by atoms with Gasteiger partial charge in [-0.25, -0.2) is 0 Å². The zero-order valence-corrected chi connectivity index (χ0v) is 10.8. The number of para-hydroxylation sites is 1. The fraction of sp³-hybridized carbons (Fsp3) is 0.357. The third kappa shape index (κ3) is 1.74. The molecule has 3 rings (SSSR count). The standard InChI is InChI=1S/C14H17N3O/c1-14(2)13(16-10-8-15-17(3)9-10)11-6-4-5-7-12(11)18-14/h4-9,13,16H,1-3H3. The SMILES string of the molecule is Cn1cc(NC2c3ccccc3OC2(C)C)cn1. The summed E-state index contributed by atoms with van der Waals surface area (Å²) in [4.78, 5) is 0. The quantitative estimate of drug-likeness (QED) is 0.881. The summed E-state index contributed by atoms with van der Waals surface area (Å²) in [7, 11) is 1.91. The number of fused-ring (bicyclic) bond motifs is 1. The molecule has 1 aromatic heterocycles. The van der Waals surface area contributed by atoms with Crippen LogP contribution in [0.3, 0.4) is 0 Å². The van der Waals surface area contributed by atoms with Crippen molar-refractivity contribution < 1.29 is 4.74 Å². The van der Waals surface area contributed by atoms with E-state index in [0.29, 0.717) is 0 Å². The van der Waals surface area contributed by atoms with Crippen LogP contribution in [0.25, 0.3) is 0 Å². The molecule has 2 aromatic rings. The number of aryl methyl sites for hydroxylation is 1. The number of benzene rings is 1. The summed E-state index contributed by atoms with van der Waals surface area (Å²) < 4.78 is 7.78. The lowest BCUT2D eigenvalue weighted by atomic mass is 9.94. The van der Waals surface area contributed by atoms with E-state index in [-0.39, 0.29) is 11.6 Å². The molecular weight excluding hydrogens is 226 g/mol. The minimum absolute atomic E-state index is 0.137. The molecule has 0 aliphatic carbocycles. The lowest BCUT2D eigenvalue weighted by molar-refractivity contribution is 0.118. The molecule has 0 spiro atoms. The van der Waals surface area contributed by atoms with Crippen LogP contribution in [-0.2, 0) is 7.05 Å². The molecule has 0 amide bonds. The fourth-order valence-electron chi connectivity index (χ4n) is 2.44. The molecule has 94 valence electrons. The summed E-state index contributed by atoms with van der Waals surface area (Å²) in [6.45, 7) is 4.20. The molecule has 0 radical (unpaired) electrons. The Balaban J connectivity index is 1.95.